The SMILES string of the molecule is CCCC1(CCc2ccccc2)CC(O)=C(C(CC)c2cccc(NS(=O)(=O)c3ccccc3O)c2)C(=O)O1. The van der Waals surface area contributed by atoms with E-state index in [1.807, 2.05) is 44.2 Å². The molecule has 0 amide bonds. The van der Waals surface area contributed by atoms with E-state index in [9.17, 15) is 23.4 Å². The number of benzene rings is 3. The summed E-state index contributed by atoms with van der Waals surface area (Å²) in [5.74, 6) is -1.34. The van der Waals surface area contributed by atoms with Gasteiger partial charge in [-0.15, -0.1) is 0 Å². The van der Waals surface area contributed by atoms with Crippen LogP contribution in [-0.2, 0) is 26.0 Å². The van der Waals surface area contributed by atoms with Crippen LogP contribution in [0.15, 0.2) is 95.1 Å². The topological polar surface area (TPSA) is 113 Å². The van der Waals surface area contributed by atoms with Crippen LogP contribution in [0.2, 0.25) is 0 Å². The lowest BCUT2D eigenvalue weighted by molar-refractivity contribution is -0.161. The number of para-hydroxylation sites is 1. The Balaban J connectivity index is 1.60. The van der Waals surface area contributed by atoms with Crippen LogP contribution in [0, 0.1) is 0 Å². The Morgan fingerprint density at radius 2 is 1.67 bits per heavy atom. The molecule has 3 N–H and O–H groups in total. The third-order valence-electron chi connectivity index (χ3n) is 7.20. The highest BCUT2D eigenvalue weighted by Crippen LogP contribution is 2.42. The molecular formula is C31H35NO6S. The van der Waals surface area contributed by atoms with Gasteiger partial charge >= 0.3 is 5.97 Å². The molecule has 3 aromatic rings. The second-order valence-electron chi connectivity index (χ2n) is 10.0. The lowest BCUT2D eigenvalue weighted by atomic mass is 9.80. The maximum Gasteiger partial charge on any atom is 0.338 e. The van der Waals surface area contributed by atoms with Crippen molar-refractivity contribution in [3.63, 3.8) is 0 Å². The first-order chi connectivity index (χ1) is 18.7. The Bertz CT molecular complexity index is 1450. The first-order valence-corrected chi connectivity index (χ1v) is 14.8. The van der Waals surface area contributed by atoms with Gasteiger partial charge in [0.15, 0.2) is 0 Å². The van der Waals surface area contributed by atoms with Gasteiger partial charge in [-0.3, -0.25) is 4.72 Å². The highest BCUT2D eigenvalue weighted by Gasteiger charge is 2.43. The van der Waals surface area contributed by atoms with Crippen molar-refractivity contribution < 1.29 is 28.2 Å². The Morgan fingerprint density at radius 3 is 2.33 bits per heavy atom. The Morgan fingerprint density at radius 1 is 0.949 bits per heavy atom. The van der Waals surface area contributed by atoms with E-state index in [0.717, 1.165) is 18.4 Å². The molecule has 0 aromatic heterocycles. The number of phenolic OH excluding ortho intramolecular Hbond substituents is 1. The van der Waals surface area contributed by atoms with Gasteiger partial charge in [0.1, 0.15) is 22.0 Å². The minimum atomic E-state index is -4.04. The average Bonchev–Trinajstić information content (AvgIpc) is 2.90. The predicted octanol–water partition coefficient (Wildman–Crippen LogP) is 6.62. The molecule has 0 bridgehead atoms. The number of aliphatic hydroxyl groups excluding tert-OH is 1. The molecule has 1 aliphatic rings. The minimum absolute atomic E-state index is 0.0276. The normalized spacial score (nSPS) is 18.5. The summed E-state index contributed by atoms with van der Waals surface area (Å²) in [7, 11) is -4.04. The number of aryl methyl sites for hydroxylation is 1. The molecule has 0 spiro atoms. The fourth-order valence-electron chi connectivity index (χ4n) is 5.35. The number of phenols is 1. The molecule has 1 heterocycles. The fraction of sp³-hybridized carbons (Fsp3) is 0.323. The highest BCUT2D eigenvalue weighted by atomic mass is 32.2. The number of carbonyl (C=O) groups excluding carboxylic acids is 1. The predicted molar refractivity (Wildman–Crippen MR) is 151 cm³/mol. The highest BCUT2D eigenvalue weighted by molar-refractivity contribution is 7.92. The number of nitrogens with one attached hydrogen (secondary N) is 1. The van der Waals surface area contributed by atoms with Gasteiger partial charge in [0.05, 0.1) is 5.57 Å². The average molecular weight is 550 g/mol. The molecule has 0 fully saturated rings. The van der Waals surface area contributed by atoms with Crippen LogP contribution in [0.5, 0.6) is 5.75 Å². The number of rotatable bonds is 11. The zero-order valence-corrected chi connectivity index (χ0v) is 23.1. The standard InChI is InChI=1S/C31H35NO6S/c1-3-18-31(19-17-22-11-6-5-7-12-22)21-27(34)29(30(35)38-31)25(4-2)23-13-10-14-24(20-23)32-39(36,37)28-16-9-8-15-26(28)33/h5-16,20,25,32-34H,3-4,17-19,21H2,1-2H3. The number of hydrogen-bond donors (Lipinski definition) is 3. The van der Waals surface area contributed by atoms with Crippen LogP contribution in [0.25, 0.3) is 0 Å². The van der Waals surface area contributed by atoms with E-state index >= 15 is 0 Å². The lowest BCUT2D eigenvalue weighted by Crippen LogP contribution is -2.41. The summed E-state index contributed by atoms with van der Waals surface area (Å²) in [6, 6.07) is 22.4. The molecule has 7 nitrogen and oxygen atoms in total. The first-order valence-electron chi connectivity index (χ1n) is 13.3. The van der Waals surface area contributed by atoms with E-state index in [2.05, 4.69) is 4.72 Å². The quantitative estimate of drug-likeness (QED) is 0.232. The summed E-state index contributed by atoms with van der Waals surface area (Å²) >= 11 is 0. The van der Waals surface area contributed by atoms with Gasteiger partial charge < -0.3 is 14.9 Å². The van der Waals surface area contributed by atoms with Crippen LogP contribution in [0.1, 0.15) is 63.0 Å². The van der Waals surface area contributed by atoms with Crippen LogP contribution in [-0.4, -0.2) is 30.2 Å². The first kappa shape index (κ1) is 28.2. The summed E-state index contributed by atoms with van der Waals surface area (Å²) in [6.45, 7) is 3.94. The monoisotopic (exact) mass is 549 g/mol. The van der Waals surface area contributed by atoms with Gasteiger partial charge in [-0.1, -0.05) is 74.9 Å². The van der Waals surface area contributed by atoms with Crippen LogP contribution < -0.4 is 4.72 Å². The van der Waals surface area contributed by atoms with Crippen molar-refractivity contribution in [3.8, 4) is 5.75 Å². The summed E-state index contributed by atoms with van der Waals surface area (Å²) < 4.78 is 34.4. The maximum absolute atomic E-state index is 13.4. The van der Waals surface area contributed by atoms with Crippen LogP contribution in [0.3, 0.4) is 0 Å². The fourth-order valence-corrected chi connectivity index (χ4v) is 6.49. The van der Waals surface area contributed by atoms with E-state index < -0.39 is 27.5 Å². The molecule has 3 aromatic carbocycles. The number of aromatic hydroxyl groups is 1. The number of aliphatic hydroxyl groups is 1. The van der Waals surface area contributed by atoms with Crippen molar-refractivity contribution in [2.24, 2.45) is 0 Å². The van der Waals surface area contributed by atoms with Crippen molar-refractivity contribution in [1.82, 2.24) is 0 Å². The molecule has 39 heavy (non-hydrogen) atoms. The number of sulfonamides is 1. The third-order valence-corrected chi connectivity index (χ3v) is 8.63. The molecule has 8 heteroatoms. The number of carbonyl (C=O) groups is 1. The summed E-state index contributed by atoms with van der Waals surface area (Å²) in [4.78, 5) is 13.2. The summed E-state index contributed by atoms with van der Waals surface area (Å²) in [6.07, 6.45) is 3.52. The van der Waals surface area contributed by atoms with Crippen LogP contribution >= 0.6 is 0 Å². The molecule has 2 unspecified atom stereocenters. The molecule has 0 saturated heterocycles. The van der Waals surface area contributed by atoms with Crippen molar-refractivity contribution in [1.29, 1.82) is 0 Å². The number of cyclic esters (lactones) is 1. The van der Waals surface area contributed by atoms with E-state index in [1.54, 1.807) is 30.3 Å². The Kier molecular flexibility index (Phi) is 8.65. The van der Waals surface area contributed by atoms with E-state index in [1.165, 1.54) is 18.2 Å². The maximum atomic E-state index is 13.4. The second-order valence-corrected chi connectivity index (χ2v) is 11.7. The Hall–Kier alpha value is -3.78. The molecule has 1 aliphatic heterocycles. The second kappa shape index (κ2) is 11.9. The van der Waals surface area contributed by atoms with Crippen molar-refractivity contribution in [2.75, 3.05) is 4.72 Å². The number of esters is 1. The zero-order chi connectivity index (χ0) is 28.0. The van der Waals surface area contributed by atoms with E-state index in [-0.39, 0.29) is 34.1 Å². The molecule has 0 saturated carbocycles. The largest absolute Gasteiger partial charge is 0.512 e. The number of ether oxygens (including phenoxy) is 1. The Labute approximate surface area is 230 Å². The summed E-state index contributed by atoms with van der Waals surface area (Å²) in [5.41, 5.74) is 1.53. The van der Waals surface area contributed by atoms with E-state index in [4.69, 9.17) is 4.74 Å². The molecule has 206 valence electrons. The van der Waals surface area contributed by atoms with Gasteiger partial charge in [0, 0.05) is 18.0 Å². The van der Waals surface area contributed by atoms with Crippen molar-refractivity contribution in [3.05, 3.63) is 101 Å². The van der Waals surface area contributed by atoms with Gasteiger partial charge in [0.2, 0.25) is 0 Å². The van der Waals surface area contributed by atoms with Gasteiger partial charge in [-0.25, -0.2) is 13.2 Å². The molecule has 0 radical (unpaired) electrons. The summed E-state index contributed by atoms with van der Waals surface area (Å²) in [5, 5.41) is 21.2. The number of anilines is 1. The van der Waals surface area contributed by atoms with Gasteiger partial charge in [-0.05, 0) is 61.1 Å². The molecule has 2 atom stereocenters. The van der Waals surface area contributed by atoms with E-state index in [0.29, 0.717) is 24.8 Å². The van der Waals surface area contributed by atoms with Gasteiger partial charge in [-0.2, -0.15) is 0 Å². The smallest absolute Gasteiger partial charge is 0.338 e. The van der Waals surface area contributed by atoms with Crippen molar-refractivity contribution >= 4 is 21.7 Å². The zero-order valence-electron chi connectivity index (χ0n) is 22.3. The van der Waals surface area contributed by atoms with Crippen molar-refractivity contribution in [2.45, 2.75) is 68.8 Å². The third kappa shape index (κ3) is 6.45. The molecule has 0 aliphatic carbocycles. The van der Waals surface area contributed by atoms with Crippen LogP contribution in [0.4, 0.5) is 5.69 Å². The lowest BCUT2D eigenvalue weighted by Gasteiger charge is -2.38. The number of hydrogen-bond acceptors (Lipinski definition) is 6. The molecular weight excluding hydrogens is 514 g/mol. The van der Waals surface area contributed by atoms with Gasteiger partial charge in [0.25, 0.3) is 10.0 Å². The molecule has 4 rings (SSSR count). The minimum Gasteiger partial charge on any atom is -0.512 e.